The summed E-state index contributed by atoms with van der Waals surface area (Å²) in [7, 11) is 0. The molecule has 0 aliphatic rings. The number of halogens is 2. The lowest BCUT2D eigenvalue weighted by Gasteiger charge is -2.04. The molecule has 0 atom stereocenters. The van der Waals surface area contributed by atoms with Crippen molar-refractivity contribution in [2.45, 2.75) is 0 Å². The number of hydrogen-bond acceptors (Lipinski definition) is 2. The van der Waals surface area contributed by atoms with E-state index in [2.05, 4.69) is 20.9 Å². The van der Waals surface area contributed by atoms with Gasteiger partial charge in [-0.05, 0) is 30.3 Å². The zero-order valence-electron chi connectivity index (χ0n) is 10.3. The maximum Gasteiger partial charge on any atom is 0.197 e. The van der Waals surface area contributed by atoms with Crippen LogP contribution in [0.15, 0.2) is 47.1 Å². The van der Waals surface area contributed by atoms with Gasteiger partial charge in [0.1, 0.15) is 5.82 Å². The Morgan fingerprint density at radius 3 is 2.75 bits per heavy atom. The van der Waals surface area contributed by atoms with Gasteiger partial charge >= 0.3 is 0 Å². The fourth-order valence-electron chi connectivity index (χ4n) is 2.16. The van der Waals surface area contributed by atoms with Gasteiger partial charge in [0.15, 0.2) is 5.78 Å². The van der Waals surface area contributed by atoms with E-state index in [1.807, 2.05) is 18.2 Å². The third-order valence-corrected chi connectivity index (χ3v) is 3.64. The Morgan fingerprint density at radius 2 is 1.95 bits per heavy atom. The molecule has 3 N–H and O–H groups in total. The fourth-order valence-corrected chi connectivity index (χ4v) is 2.52. The number of aromatic nitrogens is 1. The van der Waals surface area contributed by atoms with Gasteiger partial charge in [-0.1, -0.05) is 22.0 Å². The number of nitrogens with two attached hydrogens (primary N) is 1. The molecule has 0 saturated carbocycles. The lowest BCUT2D eigenvalue weighted by molar-refractivity contribution is 0.104. The highest BCUT2D eigenvalue weighted by Gasteiger charge is 2.17. The van der Waals surface area contributed by atoms with Crippen molar-refractivity contribution in [3.8, 4) is 0 Å². The monoisotopic (exact) mass is 332 g/mol. The van der Waals surface area contributed by atoms with Gasteiger partial charge in [0, 0.05) is 38.4 Å². The molecule has 100 valence electrons. The lowest BCUT2D eigenvalue weighted by Crippen LogP contribution is -2.05. The number of anilines is 1. The molecule has 20 heavy (non-hydrogen) atoms. The number of carbonyl (C=O) groups excluding carboxylic acids is 1. The summed E-state index contributed by atoms with van der Waals surface area (Å²) in [6, 6.07) is 9.35. The molecule has 1 heterocycles. The van der Waals surface area contributed by atoms with Gasteiger partial charge in [-0.3, -0.25) is 4.79 Å². The minimum Gasteiger partial charge on any atom is -0.398 e. The van der Waals surface area contributed by atoms with Crippen LogP contribution in [0.2, 0.25) is 0 Å². The largest absolute Gasteiger partial charge is 0.398 e. The van der Waals surface area contributed by atoms with Crippen LogP contribution in [-0.4, -0.2) is 10.8 Å². The van der Waals surface area contributed by atoms with Gasteiger partial charge in [-0.25, -0.2) is 4.39 Å². The van der Waals surface area contributed by atoms with Gasteiger partial charge in [0.05, 0.1) is 0 Å². The molecule has 0 aliphatic carbocycles. The Morgan fingerprint density at radius 1 is 1.15 bits per heavy atom. The van der Waals surface area contributed by atoms with Gasteiger partial charge in [-0.2, -0.15) is 0 Å². The lowest BCUT2D eigenvalue weighted by atomic mass is 10.0. The average molecular weight is 333 g/mol. The number of fused-ring (bicyclic) bond motifs is 1. The number of ketones is 1. The number of nitrogen functional groups attached to an aromatic ring is 1. The van der Waals surface area contributed by atoms with Crippen LogP contribution in [0.1, 0.15) is 15.9 Å². The van der Waals surface area contributed by atoms with Crippen molar-refractivity contribution in [3.05, 3.63) is 64.0 Å². The summed E-state index contributed by atoms with van der Waals surface area (Å²) >= 11 is 3.37. The van der Waals surface area contributed by atoms with Crippen LogP contribution < -0.4 is 5.73 Å². The summed E-state index contributed by atoms with van der Waals surface area (Å²) in [5, 5.41) is 0.780. The number of H-pyrrole nitrogens is 1. The minimum atomic E-state index is -0.481. The quantitative estimate of drug-likeness (QED) is 0.552. The highest BCUT2D eigenvalue weighted by atomic mass is 79.9. The third-order valence-electron chi connectivity index (χ3n) is 3.15. The highest BCUT2D eigenvalue weighted by Crippen LogP contribution is 2.26. The third kappa shape index (κ3) is 2.10. The molecule has 0 radical (unpaired) electrons. The van der Waals surface area contributed by atoms with Crippen molar-refractivity contribution in [1.82, 2.24) is 4.98 Å². The Hall–Kier alpha value is -2.14. The molecule has 0 unspecified atom stereocenters. The first-order valence-corrected chi connectivity index (χ1v) is 6.72. The van der Waals surface area contributed by atoms with Crippen LogP contribution >= 0.6 is 15.9 Å². The van der Waals surface area contributed by atoms with E-state index in [0.717, 1.165) is 21.4 Å². The highest BCUT2D eigenvalue weighted by molar-refractivity contribution is 9.10. The maximum atomic E-state index is 13.3. The molecule has 5 heteroatoms. The molecular formula is C15H10BrFN2O. The van der Waals surface area contributed by atoms with Crippen LogP contribution in [0.5, 0.6) is 0 Å². The van der Waals surface area contributed by atoms with E-state index in [1.165, 1.54) is 12.1 Å². The smallest absolute Gasteiger partial charge is 0.197 e. The second kappa shape index (κ2) is 4.76. The van der Waals surface area contributed by atoms with E-state index >= 15 is 0 Å². The number of nitrogens with one attached hydrogen (secondary N) is 1. The molecule has 0 bridgehead atoms. The molecule has 2 aromatic carbocycles. The molecule has 3 nitrogen and oxygen atoms in total. The van der Waals surface area contributed by atoms with Crippen LogP contribution in [0.25, 0.3) is 10.9 Å². The first-order valence-electron chi connectivity index (χ1n) is 5.92. The van der Waals surface area contributed by atoms with Crippen molar-refractivity contribution < 1.29 is 9.18 Å². The van der Waals surface area contributed by atoms with Crippen LogP contribution in [0, 0.1) is 5.82 Å². The summed E-state index contributed by atoms with van der Waals surface area (Å²) in [5.74, 6) is -0.777. The van der Waals surface area contributed by atoms with Crippen LogP contribution in [-0.2, 0) is 0 Å². The molecule has 0 spiro atoms. The summed E-state index contributed by atoms with van der Waals surface area (Å²) in [6.07, 6.45) is 1.61. The number of benzene rings is 2. The Bertz CT molecular complexity index is 826. The van der Waals surface area contributed by atoms with Crippen molar-refractivity contribution in [3.63, 3.8) is 0 Å². The molecule has 3 rings (SSSR count). The molecule has 3 aromatic rings. The van der Waals surface area contributed by atoms with Gasteiger partial charge in [0.2, 0.25) is 0 Å². The number of aromatic amines is 1. The van der Waals surface area contributed by atoms with E-state index in [9.17, 15) is 9.18 Å². The fraction of sp³-hybridized carbons (Fsp3) is 0. The first kappa shape index (κ1) is 12.9. The summed E-state index contributed by atoms with van der Waals surface area (Å²) < 4.78 is 14.2. The normalized spacial score (nSPS) is 10.9. The number of carbonyl (C=O) groups is 1. The molecule has 0 saturated heterocycles. The zero-order chi connectivity index (χ0) is 14.3. The molecular weight excluding hydrogens is 323 g/mol. The van der Waals surface area contributed by atoms with Crippen LogP contribution in [0.4, 0.5) is 10.1 Å². The van der Waals surface area contributed by atoms with Crippen molar-refractivity contribution in [2.24, 2.45) is 0 Å². The molecule has 0 aliphatic heterocycles. The standard InChI is InChI=1S/C15H10BrFN2O/c16-8-1-3-10-12(7-19-14(10)5-8)15(20)11-6-9(17)2-4-13(11)18/h1-7,19H,18H2. The van der Waals surface area contributed by atoms with E-state index in [0.29, 0.717) is 5.56 Å². The Labute approximate surface area is 122 Å². The van der Waals surface area contributed by atoms with E-state index in [4.69, 9.17) is 5.73 Å². The number of rotatable bonds is 2. The second-order valence-electron chi connectivity index (χ2n) is 4.45. The van der Waals surface area contributed by atoms with Gasteiger partial charge < -0.3 is 10.7 Å². The zero-order valence-corrected chi connectivity index (χ0v) is 11.9. The number of hydrogen-bond donors (Lipinski definition) is 2. The van der Waals surface area contributed by atoms with E-state index in [-0.39, 0.29) is 17.0 Å². The summed E-state index contributed by atoms with van der Waals surface area (Å²) in [6.45, 7) is 0. The SMILES string of the molecule is Nc1ccc(F)cc1C(=O)c1c[nH]c2cc(Br)ccc12. The predicted molar refractivity (Wildman–Crippen MR) is 80.2 cm³/mol. The minimum absolute atomic E-state index is 0.175. The maximum absolute atomic E-state index is 13.3. The van der Waals surface area contributed by atoms with Gasteiger partial charge in [0.25, 0.3) is 0 Å². The molecule has 0 fully saturated rings. The molecule has 1 aromatic heterocycles. The van der Waals surface area contributed by atoms with Gasteiger partial charge in [-0.15, -0.1) is 0 Å². The summed E-state index contributed by atoms with van der Waals surface area (Å²) in [4.78, 5) is 15.5. The van der Waals surface area contributed by atoms with E-state index in [1.54, 1.807) is 6.20 Å². The predicted octanol–water partition coefficient (Wildman–Crippen LogP) is 3.88. The first-order chi connectivity index (χ1) is 9.56. The van der Waals surface area contributed by atoms with Crippen molar-refractivity contribution >= 4 is 38.3 Å². The van der Waals surface area contributed by atoms with Crippen molar-refractivity contribution in [1.29, 1.82) is 0 Å². The average Bonchev–Trinajstić information content (AvgIpc) is 2.83. The van der Waals surface area contributed by atoms with E-state index < -0.39 is 5.82 Å². The Kier molecular flexibility index (Phi) is 3.06. The summed E-state index contributed by atoms with van der Waals surface area (Å²) in [5.41, 5.74) is 7.51. The molecule has 0 amide bonds. The van der Waals surface area contributed by atoms with Crippen LogP contribution in [0.3, 0.4) is 0 Å². The Balaban J connectivity index is 2.15. The second-order valence-corrected chi connectivity index (χ2v) is 5.37. The van der Waals surface area contributed by atoms with Crippen molar-refractivity contribution in [2.75, 3.05) is 5.73 Å². The topological polar surface area (TPSA) is 58.9 Å².